The summed E-state index contributed by atoms with van der Waals surface area (Å²) < 4.78 is 45.5. The Morgan fingerprint density at radius 1 is 0.879 bits per heavy atom. The lowest BCUT2D eigenvalue weighted by Crippen LogP contribution is -2.34. The molecule has 0 saturated heterocycles. The van der Waals surface area contributed by atoms with Crippen molar-refractivity contribution in [2.45, 2.75) is 32.7 Å². The van der Waals surface area contributed by atoms with Crippen LogP contribution in [-0.2, 0) is 9.53 Å². The van der Waals surface area contributed by atoms with Gasteiger partial charge in [-0.1, -0.05) is 0 Å². The van der Waals surface area contributed by atoms with Crippen molar-refractivity contribution in [3.63, 3.8) is 0 Å². The molecule has 0 aliphatic carbocycles. The van der Waals surface area contributed by atoms with Gasteiger partial charge >= 0.3 is 12.5 Å². The van der Waals surface area contributed by atoms with Gasteiger partial charge in [0.15, 0.2) is 0 Å². The van der Waals surface area contributed by atoms with Crippen LogP contribution in [0.15, 0.2) is 48.5 Å². The van der Waals surface area contributed by atoms with Crippen LogP contribution in [0.1, 0.15) is 31.1 Å². The van der Waals surface area contributed by atoms with E-state index < -0.39 is 35.6 Å². The largest absolute Gasteiger partial charge is 0.573 e. The Kier molecular flexibility index (Phi) is 7.91. The van der Waals surface area contributed by atoms with E-state index in [1.54, 1.807) is 20.8 Å². The number of hydrogen-bond donors (Lipinski definition) is 2. The Bertz CT molecular complexity index is 984. The molecule has 2 aromatic rings. The Morgan fingerprint density at radius 3 is 1.91 bits per heavy atom. The molecule has 0 radical (unpaired) electrons. The lowest BCUT2D eigenvalue weighted by atomic mass is 10.2. The highest BCUT2D eigenvalue weighted by molar-refractivity contribution is 5.99. The van der Waals surface area contributed by atoms with Crippen molar-refractivity contribution in [3.05, 3.63) is 54.1 Å². The van der Waals surface area contributed by atoms with Crippen LogP contribution >= 0.6 is 0 Å². The van der Waals surface area contributed by atoms with Gasteiger partial charge < -0.3 is 19.7 Å². The molecule has 0 fully saturated rings. The van der Waals surface area contributed by atoms with E-state index in [-0.39, 0.29) is 17.8 Å². The maximum absolute atomic E-state index is 12.5. The summed E-state index contributed by atoms with van der Waals surface area (Å²) >= 11 is 0. The minimum Gasteiger partial charge on any atom is -0.444 e. The van der Waals surface area contributed by atoms with Crippen LogP contribution in [0.4, 0.5) is 29.3 Å². The lowest BCUT2D eigenvalue weighted by Gasteiger charge is -2.20. The van der Waals surface area contributed by atoms with Crippen molar-refractivity contribution in [1.29, 1.82) is 0 Å². The number of benzene rings is 2. The summed E-state index contributed by atoms with van der Waals surface area (Å²) in [6, 6.07) is 10.6. The predicted molar refractivity (Wildman–Crippen MR) is 115 cm³/mol. The Hall–Kier alpha value is -3.76. The van der Waals surface area contributed by atoms with Gasteiger partial charge in [-0.2, -0.15) is 0 Å². The molecule has 0 heterocycles. The molecule has 2 N–H and O–H groups in total. The molecule has 0 spiro atoms. The standard InChI is InChI=1S/C22H24F3N3O5/c1-21(2,3)33-20(31)27-16-7-5-14(6-8-16)19(30)28(4)13-18(29)26-15-9-11-17(12-10-15)32-22(23,24)25/h5-12H,13H2,1-4H3,(H,26,29)(H,27,31). The molecule has 3 amide bonds. The number of hydrogen-bond acceptors (Lipinski definition) is 5. The van der Waals surface area contributed by atoms with E-state index in [0.29, 0.717) is 5.69 Å². The fraction of sp³-hybridized carbons (Fsp3) is 0.318. The van der Waals surface area contributed by atoms with E-state index in [1.165, 1.54) is 48.3 Å². The Balaban J connectivity index is 1.89. The molecule has 0 saturated carbocycles. The van der Waals surface area contributed by atoms with E-state index in [0.717, 1.165) is 12.1 Å². The molecule has 0 aliphatic heterocycles. The van der Waals surface area contributed by atoms with Gasteiger partial charge in [-0.15, -0.1) is 13.2 Å². The first kappa shape index (κ1) is 25.5. The molecule has 33 heavy (non-hydrogen) atoms. The number of carbonyl (C=O) groups excluding carboxylic acids is 3. The molecule has 2 rings (SSSR count). The quantitative estimate of drug-likeness (QED) is 0.645. The topological polar surface area (TPSA) is 97.0 Å². The summed E-state index contributed by atoms with van der Waals surface area (Å²) in [6.07, 6.45) is -5.44. The molecular formula is C22H24F3N3O5. The fourth-order valence-electron chi connectivity index (χ4n) is 2.57. The minimum absolute atomic E-state index is 0.243. The SMILES string of the molecule is CN(CC(=O)Nc1ccc(OC(F)(F)F)cc1)C(=O)c1ccc(NC(=O)OC(C)(C)C)cc1. The first-order chi connectivity index (χ1) is 15.2. The molecule has 178 valence electrons. The van der Waals surface area contributed by atoms with Gasteiger partial charge in [-0.25, -0.2) is 4.79 Å². The van der Waals surface area contributed by atoms with Crippen molar-refractivity contribution in [2.75, 3.05) is 24.2 Å². The predicted octanol–water partition coefficient (Wildman–Crippen LogP) is 4.64. The number of halogens is 3. The molecule has 0 aromatic heterocycles. The van der Waals surface area contributed by atoms with Gasteiger partial charge in [-0.3, -0.25) is 14.9 Å². The van der Waals surface area contributed by atoms with Crippen LogP contribution in [-0.4, -0.2) is 48.4 Å². The van der Waals surface area contributed by atoms with Crippen LogP contribution < -0.4 is 15.4 Å². The molecule has 0 atom stereocenters. The number of amides is 3. The van der Waals surface area contributed by atoms with Crippen molar-refractivity contribution in [3.8, 4) is 5.75 Å². The van der Waals surface area contributed by atoms with Gasteiger partial charge in [0.05, 0.1) is 6.54 Å². The highest BCUT2D eigenvalue weighted by Gasteiger charge is 2.31. The first-order valence-electron chi connectivity index (χ1n) is 9.73. The lowest BCUT2D eigenvalue weighted by molar-refractivity contribution is -0.274. The summed E-state index contributed by atoms with van der Waals surface area (Å²) in [5.74, 6) is -1.40. The molecule has 2 aromatic carbocycles. The Labute approximate surface area is 188 Å². The zero-order valence-corrected chi connectivity index (χ0v) is 18.4. The number of alkyl halides is 3. The molecular weight excluding hydrogens is 443 g/mol. The second-order valence-electron chi connectivity index (χ2n) is 7.99. The van der Waals surface area contributed by atoms with Crippen LogP contribution in [0, 0.1) is 0 Å². The number of ether oxygens (including phenoxy) is 2. The summed E-state index contributed by atoms with van der Waals surface area (Å²) in [4.78, 5) is 37.7. The zero-order chi connectivity index (χ0) is 24.8. The minimum atomic E-state index is -4.81. The normalized spacial score (nSPS) is 11.4. The third kappa shape index (κ3) is 9.09. The van der Waals surface area contributed by atoms with Gasteiger partial charge in [0.1, 0.15) is 11.4 Å². The van der Waals surface area contributed by atoms with Crippen molar-refractivity contribution in [1.82, 2.24) is 4.90 Å². The summed E-state index contributed by atoms with van der Waals surface area (Å²) in [5, 5.41) is 5.04. The highest BCUT2D eigenvalue weighted by atomic mass is 19.4. The van der Waals surface area contributed by atoms with Crippen molar-refractivity contribution >= 4 is 29.3 Å². The third-order valence-corrected chi connectivity index (χ3v) is 3.88. The van der Waals surface area contributed by atoms with E-state index in [1.807, 2.05) is 0 Å². The molecule has 11 heteroatoms. The average molecular weight is 467 g/mol. The van der Waals surface area contributed by atoms with Crippen LogP contribution in [0.5, 0.6) is 5.75 Å². The first-order valence-corrected chi connectivity index (χ1v) is 9.73. The molecule has 0 aliphatic rings. The maximum Gasteiger partial charge on any atom is 0.573 e. The highest BCUT2D eigenvalue weighted by Crippen LogP contribution is 2.24. The third-order valence-electron chi connectivity index (χ3n) is 3.88. The molecule has 0 unspecified atom stereocenters. The zero-order valence-electron chi connectivity index (χ0n) is 18.4. The average Bonchev–Trinajstić information content (AvgIpc) is 2.67. The van der Waals surface area contributed by atoms with Crippen LogP contribution in [0.3, 0.4) is 0 Å². The summed E-state index contributed by atoms with van der Waals surface area (Å²) in [6.45, 7) is 4.91. The second kappa shape index (κ2) is 10.2. The van der Waals surface area contributed by atoms with E-state index in [2.05, 4.69) is 15.4 Å². The van der Waals surface area contributed by atoms with Gasteiger partial charge in [0, 0.05) is 24.0 Å². The fourth-order valence-corrected chi connectivity index (χ4v) is 2.57. The molecule has 8 nitrogen and oxygen atoms in total. The Morgan fingerprint density at radius 2 is 1.39 bits per heavy atom. The number of carbonyl (C=O) groups is 3. The van der Waals surface area contributed by atoms with Gasteiger partial charge in [0.2, 0.25) is 5.91 Å². The summed E-state index contributed by atoms with van der Waals surface area (Å²) in [7, 11) is 1.43. The van der Waals surface area contributed by atoms with Gasteiger partial charge in [-0.05, 0) is 69.3 Å². The number of nitrogens with zero attached hydrogens (tertiary/aromatic N) is 1. The van der Waals surface area contributed by atoms with E-state index >= 15 is 0 Å². The number of likely N-dealkylation sites (N-methyl/N-ethyl adjacent to an activating group) is 1. The second-order valence-corrected chi connectivity index (χ2v) is 7.99. The smallest absolute Gasteiger partial charge is 0.444 e. The van der Waals surface area contributed by atoms with E-state index in [9.17, 15) is 27.6 Å². The van der Waals surface area contributed by atoms with Crippen LogP contribution in [0.25, 0.3) is 0 Å². The number of anilines is 2. The van der Waals surface area contributed by atoms with Crippen LogP contribution in [0.2, 0.25) is 0 Å². The monoisotopic (exact) mass is 467 g/mol. The van der Waals surface area contributed by atoms with Gasteiger partial charge in [0.25, 0.3) is 5.91 Å². The van der Waals surface area contributed by atoms with Crippen molar-refractivity contribution in [2.24, 2.45) is 0 Å². The number of rotatable bonds is 6. The summed E-state index contributed by atoms with van der Waals surface area (Å²) in [5.41, 5.74) is 0.308. The maximum atomic E-state index is 12.5. The van der Waals surface area contributed by atoms with E-state index in [4.69, 9.17) is 4.74 Å². The van der Waals surface area contributed by atoms with Crippen molar-refractivity contribution < 1.29 is 37.0 Å². The molecule has 0 bridgehead atoms. The number of nitrogens with one attached hydrogen (secondary N) is 2.